The van der Waals surface area contributed by atoms with Gasteiger partial charge in [-0.2, -0.15) is 0 Å². The van der Waals surface area contributed by atoms with Crippen LogP contribution >= 0.6 is 0 Å². The van der Waals surface area contributed by atoms with E-state index in [1.165, 1.54) is 0 Å². The molecule has 166 valence electrons. The normalized spacial score (nSPS) is 23.6. The van der Waals surface area contributed by atoms with Gasteiger partial charge in [0, 0.05) is 38.6 Å². The standard InChI is InChI=1S/C22H28N4O5/c27-19-7-6-18(21(29)23-19)26-13-12-25(14-20(26)28)17-8-10-24(11-9-17)22(30)31-15-16-4-2-1-3-5-16/h1-5,17-18H,6-15H2,(H,23,27,29). The van der Waals surface area contributed by atoms with Gasteiger partial charge in [-0.15, -0.1) is 0 Å². The molecule has 3 saturated heterocycles. The molecule has 31 heavy (non-hydrogen) atoms. The van der Waals surface area contributed by atoms with Crippen LogP contribution in [0.5, 0.6) is 0 Å². The number of hydrogen-bond acceptors (Lipinski definition) is 6. The molecule has 3 heterocycles. The fraction of sp³-hybridized carbons (Fsp3) is 0.545. The summed E-state index contributed by atoms with van der Waals surface area (Å²) < 4.78 is 5.41. The number of nitrogens with zero attached hydrogens (tertiary/aromatic N) is 3. The number of nitrogens with one attached hydrogen (secondary N) is 1. The van der Waals surface area contributed by atoms with Crippen molar-refractivity contribution >= 4 is 23.8 Å². The molecule has 1 aromatic rings. The van der Waals surface area contributed by atoms with Crippen molar-refractivity contribution in [3.8, 4) is 0 Å². The number of imide groups is 1. The van der Waals surface area contributed by atoms with Crippen LogP contribution in [0.2, 0.25) is 0 Å². The predicted molar refractivity (Wildman–Crippen MR) is 111 cm³/mol. The summed E-state index contributed by atoms with van der Waals surface area (Å²) in [4.78, 5) is 54.0. The molecule has 0 bridgehead atoms. The van der Waals surface area contributed by atoms with Gasteiger partial charge in [-0.1, -0.05) is 30.3 Å². The topological polar surface area (TPSA) is 99.3 Å². The number of benzene rings is 1. The third-order valence-corrected chi connectivity index (χ3v) is 6.32. The molecule has 3 aliphatic rings. The lowest BCUT2D eigenvalue weighted by molar-refractivity contribution is -0.150. The molecule has 4 amide bonds. The first-order valence-corrected chi connectivity index (χ1v) is 10.8. The summed E-state index contributed by atoms with van der Waals surface area (Å²) in [6.07, 6.45) is 1.92. The van der Waals surface area contributed by atoms with Crippen LogP contribution in [0.1, 0.15) is 31.2 Å². The monoisotopic (exact) mass is 428 g/mol. The van der Waals surface area contributed by atoms with Crippen molar-refractivity contribution in [3.05, 3.63) is 35.9 Å². The Morgan fingerprint density at radius 1 is 1.00 bits per heavy atom. The average molecular weight is 428 g/mol. The average Bonchev–Trinajstić information content (AvgIpc) is 2.79. The van der Waals surface area contributed by atoms with Gasteiger partial charge >= 0.3 is 6.09 Å². The maximum Gasteiger partial charge on any atom is 0.410 e. The lowest BCUT2D eigenvalue weighted by Crippen LogP contribution is -2.62. The summed E-state index contributed by atoms with van der Waals surface area (Å²) >= 11 is 0. The number of carbonyl (C=O) groups excluding carboxylic acids is 4. The molecule has 1 aromatic carbocycles. The van der Waals surface area contributed by atoms with Crippen LogP contribution in [0.3, 0.4) is 0 Å². The third kappa shape index (κ3) is 5.04. The number of piperidine rings is 2. The van der Waals surface area contributed by atoms with Crippen molar-refractivity contribution in [1.29, 1.82) is 0 Å². The van der Waals surface area contributed by atoms with Crippen molar-refractivity contribution in [2.45, 2.75) is 44.4 Å². The van der Waals surface area contributed by atoms with E-state index in [1.807, 2.05) is 30.3 Å². The van der Waals surface area contributed by atoms with E-state index >= 15 is 0 Å². The number of piperazine rings is 1. The van der Waals surface area contributed by atoms with E-state index in [0.29, 0.717) is 32.6 Å². The molecule has 1 unspecified atom stereocenters. The largest absolute Gasteiger partial charge is 0.445 e. The minimum absolute atomic E-state index is 0.0783. The van der Waals surface area contributed by atoms with E-state index < -0.39 is 6.04 Å². The molecule has 0 aromatic heterocycles. The minimum atomic E-state index is -0.548. The highest BCUT2D eigenvalue weighted by atomic mass is 16.6. The molecular weight excluding hydrogens is 400 g/mol. The third-order valence-electron chi connectivity index (χ3n) is 6.32. The Morgan fingerprint density at radius 2 is 1.74 bits per heavy atom. The Hall–Kier alpha value is -2.94. The SMILES string of the molecule is O=C1CCC(N2CCN(C3CCN(C(=O)OCc4ccccc4)CC3)CC2=O)C(=O)N1. The van der Waals surface area contributed by atoms with Gasteiger partial charge in [-0.05, 0) is 24.8 Å². The van der Waals surface area contributed by atoms with Gasteiger partial charge in [-0.25, -0.2) is 4.79 Å². The number of ether oxygens (including phenoxy) is 1. The summed E-state index contributed by atoms with van der Waals surface area (Å²) in [6.45, 7) is 2.88. The molecule has 3 fully saturated rings. The van der Waals surface area contributed by atoms with Gasteiger partial charge in [0.2, 0.25) is 17.7 Å². The van der Waals surface area contributed by atoms with Crippen molar-refractivity contribution in [2.75, 3.05) is 32.7 Å². The van der Waals surface area contributed by atoms with E-state index in [9.17, 15) is 19.2 Å². The molecule has 1 atom stereocenters. The van der Waals surface area contributed by atoms with Crippen LogP contribution in [-0.4, -0.2) is 83.3 Å². The zero-order valence-corrected chi connectivity index (χ0v) is 17.5. The maximum absolute atomic E-state index is 12.7. The highest BCUT2D eigenvalue weighted by Gasteiger charge is 2.39. The first kappa shape index (κ1) is 21.3. The van der Waals surface area contributed by atoms with E-state index in [4.69, 9.17) is 4.74 Å². The smallest absolute Gasteiger partial charge is 0.410 e. The van der Waals surface area contributed by atoms with Gasteiger partial charge in [-0.3, -0.25) is 24.6 Å². The number of carbonyl (C=O) groups is 4. The molecule has 0 aliphatic carbocycles. The van der Waals surface area contributed by atoms with E-state index in [-0.39, 0.29) is 49.4 Å². The van der Waals surface area contributed by atoms with Crippen molar-refractivity contribution < 1.29 is 23.9 Å². The first-order valence-electron chi connectivity index (χ1n) is 10.8. The Morgan fingerprint density at radius 3 is 2.42 bits per heavy atom. The van der Waals surface area contributed by atoms with Gasteiger partial charge in [0.05, 0.1) is 6.54 Å². The van der Waals surface area contributed by atoms with Crippen LogP contribution in [0, 0.1) is 0 Å². The van der Waals surface area contributed by atoms with E-state index in [0.717, 1.165) is 18.4 Å². The Bertz CT molecular complexity index is 838. The molecule has 3 aliphatic heterocycles. The van der Waals surface area contributed by atoms with Crippen LogP contribution in [-0.2, 0) is 25.7 Å². The second-order valence-corrected chi connectivity index (χ2v) is 8.28. The van der Waals surface area contributed by atoms with Gasteiger partial charge in [0.25, 0.3) is 0 Å². The number of likely N-dealkylation sites (tertiary alicyclic amines) is 1. The van der Waals surface area contributed by atoms with Gasteiger partial charge in [0.1, 0.15) is 12.6 Å². The summed E-state index contributed by atoms with van der Waals surface area (Å²) in [5, 5.41) is 2.32. The highest BCUT2D eigenvalue weighted by molar-refractivity contribution is 6.01. The molecule has 9 heteroatoms. The predicted octanol–water partition coefficient (Wildman–Crippen LogP) is 0.737. The molecule has 4 rings (SSSR count). The molecular formula is C22H28N4O5. The molecule has 0 spiro atoms. The number of rotatable bonds is 4. The fourth-order valence-corrected chi connectivity index (χ4v) is 4.55. The van der Waals surface area contributed by atoms with Gasteiger partial charge < -0.3 is 14.5 Å². The Labute approximate surface area is 181 Å². The summed E-state index contributed by atoms with van der Waals surface area (Å²) in [7, 11) is 0. The molecule has 0 radical (unpaired) electrons. The molecule has 1 N–H and O–H groups in total. The summed E-state index contributed by atoms with van der Waals surface area (Å²) in [6, 6.07) is 9.27. The number of amides is 4. The zero-order valence-electron chi connectivity index (χ0n) is 17.5. The second-order valence-electron chi connectivity index (χ2n) is 8.28. The molecule has 0 saturated carbocycles. The van der Waals surface area contributed by atoms with E-state index in [2.05, 4.69) is 10.2 Å². The quantitative estimate of drug-likeness (QED) is 0.710. The molecule has 9 nitrogen and oxygen atoms in total. The van der Waals surface area contributed by atoms with Crippen molar-refractivity contribution in [2.24, 2.45) is 0 Å². The maximum atomic E-state index is 12.7. The first-order chi connectivity index (χ1) is 15.0. The van der Waals surface area contributed by atoms with Crippen LogP contribution < -0.4 is 5.32 Å². The van der Waals surface area contributed by atoms with Crippen LogP contribution in [0.15, 0.2) is 30.3 Å². The summed E-state index contributed by atoms with van der Waals surface area (Å²) in [5.74, 6) is -0.729. The Kier molecular flexibility index (Phi) is 6.50. The van der Waals surface area contributed by atoms with E-state index in [1.54, 1.807) is 9.80 Å². The van der Waals surface area contributed by atoms with Crippen LogP contribution in [0.4, 0.5) is 4.79 Å². The lowest BCUT2D eigenvalue weighted by atomic mass is 10.0. The minimum Gasteiger partial charge on any atom is -0.445 e. The number of hydrogen-bond donors (Lipinski definition) is 1. The lowest BCUT2D eigenvalue weighted by Gasteiger charge is -2.44. The van der Waals surface area contributed by atoms with Crippen molar-refractivity contribution in [1.82, 2.24) is 20.0 Å². The van der Waals surface area contributed by atoms with Gasteiger partial charge in [0.15, 0.2) is 0 Å². The van der Waals surface area contributed by atoms with Crippen LogP contribution in [0.25, 0.3) is 0 Å². The summed E-state index contributed by atoms with van der Waals surface area (Å²) in [5.41, 5.74) is 0.957. The highest BCUT2D eigenvalue weighted by Crippen LogP contribution is 2.22. The fourth-order valence-electron chi connectivity index (χ4n) is 4.55. The zero-order chi connectivity index (χ0) is 21.8. The second kappa shape index (κ2) is 9.47. The Balaban J connectivity index is 1.22. The van der Waals surface area contributed by atoms with Crippen molar-refractivity contribution in [3.63, 3.8) is 0 Å².